The van der Waals surface area contributed by atoms with Crippen LogP contribution in [0.2, 0.25) is 0 Å². The van der Waals surface area contributed by atoms with E-state index in [0.29, 0.717) is 0 Å². The summed E-state index contributed by atoms with van der Waals surface area (Å²) in [5, 5.41) is 3.51. The average molecular weight is 239 g/mol. The van der Waals surface area contributed by atoms with Crippen LogP contribution in [0, 0.1) is 0 Å². The molecule has 2 aromatic rings. The van der Waals surface area contributed by atoms with E-state index in [1.807, 2.05) is 30.7 Å². The summed E-state index contributed by atoms with van der Waals surface area (Å²) < 4.78 is 0. The van der Waals surface area contributed by atoms with Crippen molar-refractivity contribution in [1.29, 1.82) is 0 Å². The number of pyridine rings is 2. The maximum Gasteiger partial charge on any atom is 0.0447 e. The van der Waals surface area contributed by atoms with Gasteiger partial charge in [0.2, 0.25) is 0 Å². The molecule has 2 aromatic heterocycles. The van der Waals surface area contributed by atoms with Gasteiger partial charge >= 0.3 is 0 Å². The standard InChI is InChI=1S/C15H17N3/c1-2-6-17-15(3-1)8-12-7-13(10-16-9-12)11-18-14-4-5-14/h1-3,6-7,9-10,14,18H,4-5,8,11H2. The molecule has 0 saturated heterocycles. The van der Waals surface area contributed by atoms with E-state index in [1.54, 1.807) is 0 Å². The molecule has 0 amide bonds. The summed E-state index contributed by atoms with van der Waals surface area (Å²) >= 11 is 0. The van der Waals surface area contributed by atoms with E-state index in [4.69, 9.17) is 0 Å². The number of rotatable bonds is 5. The molecule has 92 valence electrons. The Bertz CT molecular complexity index is 506. The number of nitrogens with zero attached hydrogens (tertiary/aromatic N) is 2. The number of aromatic nitrogens is 2. The van der Waals surface area contributed by atoms with Gasteiger partial charge in [0, 0.05) is 43.3 Å². The lowest BCUT2D eigenvalue weighted by molar-refractivity contribution is 0.685. The van der Waals surface area contributed by atoms with Crippen molar-refractivity contribution in [3.8, 4) is 0 Å². The topological polar surface area (TPSA) is 37.8 Å². The highest BCUT2D eigenvalue weighted by molar-refractivity contribution is 5.23. The third kappa shape index (κ3) is 3.14. The monoisotopic (exact) mass is 239 g/mol. The Morgan fingerprint density at radius 3 is 2.83 bits per heavy atom. The molecule has 0 unspecified atom stereocenters. The fraction of sp³-hybridized carbons (Fsp3) is 0.333. The molecule has 3 nitrogen and oxygen atoms in total. The molecule has 0 aliphatic heterocycles. The van der Waals surface area contributed by atoms with E-state index < -0.39 is 0 Å². The van der Waals surface area contributed by atoms with Crippen LogP contribution in [0.3, 0.4) is 0 Å². The quantitative estimate of drug-likeness (QED) is 0.870. The summed E-state index contributed by atoms with van der Waals surface area (Å²) in [5.41, 5.74) is 3.57. The highest BCUT2D eigenvalue weighted by atomic mass is 14.9. The van der Waals surface area contributed by atoms with E-state index in [9.17, 15) is 0 Å². The fourth-order valence-corrected chi connectivity index (χ4v) is 2.00. The van der Waals surface area contributed by atoms with Gasteiger partial charge in [-0.1, -0.05) is 12.1 Å². The van der Waals surface area contributed by atoms with E-state index in [2.05, 4.69) is 27.4 Å². The molecule has 3 heteroatoms. The van der Waals surface area contributed by atoms with Crippen LogP contribution in [0.5, 0.6) is 0 Å². The maximum absolute atomic E-state index is 4.34. The number of nitrogens with one attached hydrogen (secondary N) is 1. The first-order valence-corrected chi connectivity index (χ1v) is 6.46. The zero-order valence-electron chi connectivity index (χ0n) is 10.3. The van der Waals surface area contributed by atoms with Crippen molar-refractivity contribution < 1.29 is 0 Å². The van der Waals surface area contributed by atoms with Crippen molar-refractivity contribution >= 4 is 0 Å². The maximum atomic E-state index is 4.34. The van der Waals surface area contributed by atoms with E-state index in [0.717, 1.165) is 24.7 Å². The largest absolute Gasteiger partial charge is 0.310 e. The average Bonchev–Trinajstić information content (AvgIpc) is 3.22. The second-order valence-corrected chi connectivity index (χ2v) is 4.85. The molecule has 2 heterocycles. The Balaban J connectivity index is 1.66. The van der Waals surface area contributed by atoms with Gasteiger partial charge in [-0.15, -0.1) is 0 Å². The van der Waals surface area contributed by atoms with Gasteiger partial charge in [0.05, 0.1) is 0 Å². The molecule has 0 aromatic carbocycles. The van der Waals surface area contributed by atoms with Crippen molar-refractivity contribution in [2.75, 3.05) is 0 Å². The van der Waals surface area contributed by atoms with Gasteiger partial charge in [0.15, 0.2) is 0 Å². The van der Waals surface area contributed by atoms with Crippen LogP contribution < -0.4 is 5.32 Å². The van der Waals surface area contributed by atoms with Crippen molar-refractivity contribution in [2.24, 2.45) is 0 Å². The molecule has 0 radical (unpaired) electrons. The molecule has 1 aliphatic rings. The first-order chi connectivity index (χ1) is 8.90. The first kappa shape index (κ1) is 11.4. The predicted molar refractivity (Wildman–Crippen MR) is 71.1 cm³/mol. The molecular weight excluding hydrogens is 222 g/mol. The summed E-state index contributed by atoms with van der Waals surface area (Å²) in [6.07, 6.45) is 9.20. The minimum absolute atomic E-state index is 0.740. The second kappa shape index (κ2) is 5.27. The third-order valence-electron chi connectivity index (χ3n) is 3.14. The first-order valence-electron chi connectivity index (χ1n) is 6.46. The lowest BCUT2D eigenvalue weighted by Crippen LogP contribution is -2.15. The molecule has 0 bridgehead atoms. The minimum atomic E-state index is 0.740. The molecule has 1 N–H and O–H groups in total. The SMILES string of the molecule is c1ccc(Cc2cncc(CNC3CC3)c2)nc1. The van der Waals surface area contributed by atoms with E-state index in [-0.39, 0.29) is 0 Å². The van der Waals surface area contributed by atoms with Crippen molar-refractivity contribution in [1.82, 2.24) is 15.3 Å². The van der Waals surface area contributed by atoms with Crippen LogP contribution in [-0.4, -0.2) is 16.0 Å². The van der Waals surface area contributed by atoms with Crippen molar-refractivity contribution in [3.05, 3.63) is 59.7 Å². The molecule has 3 rings (SSSR count). The van der Waals surface area contributed by atoms with Gasteiger partial charge in [-0.2, -0.15) is 0 Å². The fourth-order valence-electron chi connectivity index (χ4n) is 2.00. The van der Waals surface area contributed by atoms with Gasteiger partial charge in [0.25, 0.3) is 0 Å². The third-order valence-corrected chi connectivity index (χ3v) is 3.14. The summed E-state index contributed by atoms with van der Waals surface area (Å²) in [5.74, 6) is 0. The molecule has 1 saturated carbocycles. The highest BCUT2D eigenvalue weighted by Crippen LogP contribution is 2.19. The van der Waals surface area contributed by atoms with Gasteiger partial charge in [-0.25, -0.2) is 0 Å². The van der Waals surface area contributed by atoms with E-state index >= 15 is 0 Å². The Morgan fingerprint density at radius 2 is 2.06 bits per heavy atom. The zero-order chi connectivity index (χ0) is 12.2. The normalized spacial score (nSPS) is 14.7. The number of hydrogen-bond acceptors (Lipinski definition) is 3. The summed E-state index contributed by atoms with van der Waals surface area (Å²) in [4.78, 5) is 8.66. The van der Waals surface area contributed by atoms with E-state index in [1.165, 1.54) is 24.0 Å². The van der Waals surface area contributed by atoms with Crippen LogP contribution in [0.4, 0.5) is 0 Å². The van der Waals surface area contributed by atoms with Gasteiger partial charge in [-0.3, -0.25) is 9.97 Å². The summed E-state index contributed by atoms with van der Waals surface area (Å²) in [7, 11) is 0. The second-order valence-electron chi connectivity index (χ2n) is 4.85. The molecule has 1 aliphatic carbocycles. The van der Waals surface area contributed by atoms with Gasteiger partial charge in [0.1, 0.15) is 0 Å². The van der Waals surface area contributed by atoms with Crippen LogP contribution >= 0.6 is 0 Å². The van der Waals surface area contributed by atoms with Crippen LogP contribution in [0.1, 0.15) is 29.7 Å². The van der Waals surface area contributed by atoms with Gasteiger partial charge < -0.3 is 5.32 Å². The van der Waals surface area contributed by atoms with Crippen LogP contribution in [0.25, 0.3) is 0 Å². The lowest BCUT2D eigenvalue weighted by atomic mass is 10.1. The smallest absolute Gasteiger partial charge is 0.0447 e. The molecular formula is C15H17N3. The van der Waals surface area contributed by atoms with Crippen LogP contribution in [-0.2, 0) is 13.0 Å². The van der Waals surface area contributed by atoms with Crippen molar-refractivity contribution in [3.63, 3.8) is 0 Å². The lowest BCUT2D eigenvalue weighted by Gasteiger charge is -2.05. The summed E-state index contributed by atoms with van der Waals surface area (Å²) in [6, 6.07) is 8.97. The predicted octanol–water partition coefficient (Wildman–Crippen LogP) is 2.32. The zero-order valence-corrected chi connectivity index (χ0v) is 10.3. The highest BCUT2D eigenvalue weighted by Gasteiger charge is 2.19. The van der Waals surface area contributed by atoms with Crippen LogP contribution in [0.15, 0.2) is 42.9 Å². The Kier molecular flexibility index (Phi) is 3.33. The minimum Gasteiger partial charge on any atom is -0.310 e. The Hall–Kier alpha value is -1.74. The molecule has 0 atom stereocenters. The molecule has 1 fully saturated rings. The Labute approximate surface area is 107 Å². The Morgan fingerprint density at radius 1 is 1.17 bits per heavy atom. The van der Waals surface area contributed by atoms with Crippen molar-refractivity contribution in [2.45, 2.75) is 31.8 Å². The van der Waals surface area contributed by atoms with Gasteiger partial charge in [-0.05, 0) is 36.1 Å². The summed E-state index contributed by atoms with van der Waals surface area (Å²) in [6.45, 7) is 0.924. The number of hydrogen-bond donors (Lipinski definition) is 1. The molecule has 18 heavy (non-hydrogen) atoms. The molecule has 0 spiro atoms.